The average Bonchev–Trinajstić information content (AvgIpc) is 2.99. The number of anilines is 1. The van der Waals surface area contributed by atoms with Crippen molar-refractivity contribution in [2.75, 3.05) is 5.32 Å². The van der Waals surface area contributed by atoms with Gasteiger partial charge in [-0.1, -0.05) is 39.1 Å². The van der Waals surface area contributed by atoms with Crippen molar-refractivity contribution in [3.63, 3.8) is 0 Å². The van der Waals surface area contributed by atoms with Gasteiger partial charge in [-0.2, -0.15) is 0 Å². The van der Waals surface area contributed by atoms with Gasteiger partial charge in [0.25, 0.3) is 11.8 Å². The normalized spacial score (nSPS) is 15.0. The molecule has 152 valence electrons. The van der Waals surface area contributed by atoms with E-state index in [1.807, 2.05) is 0 Å². The number of amides is 2. The van der Waals surface area contributed by atoms with Crippen LogP contribution in [-0.4, -0.2) is 11.8 Å². The lowest BCUT2D eigenvalue weighted by Gasteiger charge is -2.18. The van der Waals surface area contributed by atoms with Crippen molar-refractivity contribution in [1.29, 1.82) is 0 Å². The molecule has 1 unspecified atom stereocenters. The van der Waals surface area contributed by atoms with E-state index in [9.17, 15) is 18.4 Å². The third kappa shape index (κ3) is 3.93. The molecule has 30 heavy (non-hydrogen) atoms. The van der Waals surface area contributed by atoms with Crippen LogP contribution in [0.4, 0.5) is 14.5 Å². The Kier molecular flexibility index (Phi) is 5.53. The second-order valence-corrected chi connectivity index (χ2v) is 8.36. The van der Waals surface area contributed by atoms with E-state index in [0.29, 0.717) is 21.2 Å². The summed E-state index contributed by atoms with van der Waals surface area (Å²) in [4.78, 5) is 25.3. The van der Waals surface area contributed by atoms with Gasteiger partial charge in [0, 0.05) is 42.5 Å². The maximum absolute atomic E-state index is 13.8. The third-order valence-electron chi connectivity index (χ3n) is 4.60. The van der Waals surface area contributed by atoms with Crippen molar-refractivity contribution in [3.8, 4) is 0 Å². The first-order valence-electron chi connectivity index (χ1n) is 8.59. The molecule has 4 rings (SSSR count). The highest BCUT2D eigenvalue weighted by molar-refractivity contribution is 9.10. The molecule has 3 aromatic rings. The van der Waals surface area contributed by atoms with Gasteiger partial charge in [-0.25, -0.2) is 8.78 Å². The van der Waals surface area contributed by atoms with Crippen molar-refractivity contribution in [2.24, 2.45) is 0 Å². The second kappa shape index (κ2) is 7.98. The van der Waals surface area contributed by atoms with Gasteiger partial charge in [0.2, 0.25) is 0 Å². The molecule has 2 N–H and O–H groups in total. The van der Waals surface area contributed by atoms with Gasteiger partial charge < -0.3 is 10.6 Å². The van der Waals surface area contributed by atoms with E-state index in [-0.39, 0.29) is 21.3 Å². The quantitative estimate of drug-likeness (QED) is 0.445. The van der Waals surface area contributed by atoms with Crippen LogP contribution in [0.25, 0.3) is 0 Å². The molecule has 1 heterocycles. The molecule has 1 aliphatic heterocycles. The molecule has 0 aromatic heterocycles. The molecule has 0 fully saturated rings. The van der Waals surface area contributed by atoms with Gasteiger partial charge in [0.1, 0.15) is 11.6 Å². The molecule has 1 aliphatic rings. The van der Waals surface area contributed by atoms with Crippen LogP contribution in [-0.2, 0) is 0 Å². The summed E-state index contributed by atoms with van der Waals surface area (Å²) in [5.41, 5.74) is 1.35. The molecular weight excluding hydrogens is 501 g/mol. The molecular formula is C21H11BrCl2F2N2O2. The second-order valence-electron chi connectivity index (χ2n) is 6.60. The largest absolute Gasteiger partial charge is 0.341 e. The number of benzene rings is 3. The van der Waals surface area contributed by atoms with Crippen molar-refractivity contribution in [2.45, 2.75) is 6.04 Å². The lowest BCUT2D eigenvalue weighted by Crippen LogP contribution is -2.21. The highest BCUT2D eigenvalue weighted by atomic mass is 79.9. The summed E-state index contributed by atoms with van der Waals surface area (Å²) in [6.45, 7) is 0. The molecule has 0 aliphatic carbocycles. The minimum atomic E-state index is -0.782. The fourth-order valence-electron chi connectivity index (χ4n) is 3.35. The van der Waals surface area contributed by atoms with Crippen LogP contribution in [0.15, 0.2) is 53.0 Å². The summed E-state index contributed by atoms with van der Waals surface area (Å²) in [5, 5.41) is 5.77. The molecule has 2 amide bonds. The third-order valence-corrected chi connectivity index (χ3v) is 5.62. The molecule has 0 radical (unpaired) electrons. The highest BCUT2D eigenvalue weighted by Crippen LogP contribution is 2.41. The molecule has 0 bridgehead atoms. The van der Waals surface area contributed by atoms with Crippen molar-refractivity contribution in [3.05, 3.63) is 96.9 Å². The van der Waals surface area contributed by atoms with E-state index in [2.05, 4.69) is 26.6 Å². The predicted octanol–water partition coefficient (Wildman–Crippen LogP) is 6.12. The Morgan fingerprint density at radius 1 is 1.03 bits per heavy atom. The first-order valence-corrected chi connectivity index (χ1v) is 10.1. The minimum Gasteiger partial charge on any atom is -0.341 e. The number of carbonyl (C=O) groups is 2. The van der Waals surface area contributed by atoms with Crippen molar-refractivity contribution >= 4 is 56.6 Å². The van der Waals surface area contributed by atoms with Gasteiger partial charge in [0.15, 0.2) is 0 Å². The summed E-state index contributed by atoms with van der Waals surface area (Å²) < 4.78 is 28.0. The highest BCUT2D eigenvalue weighted by Gasteiger charge is 2.34. The Balaban J connectivity index is 1.81. The Morgan fingerprint density at radius 3 is 2.53 bits per heavy atom. The fraction of sp³-hybridized carbons (Fsp3) is 0.0476. The number of carbonyl (C=O) groups excluding carboxylic acids is 2. The smallest absolute Gasteiger partial charge is 0.255 e. The monoisotopic (exact) mass is 510 g/mol. The number of hydrogen-bond acceptors (Lipinski definition) is 2. The molecule has 3 aromatic carbocycles. The summed E-state index contributed by atoms with van der Waals surface area (Å²) in [5.74, 6) is -2.20. The maximum atomic E-state index is 13.8. The van der Waals surface area contributed by atoms with Crippen LogP contribution in [0.3, 0.4) is 0 Å². The SMILES string of the molecule is O=C(Nc1cc(Br)cc2c1C(c1cc(F)ccc1Cl)NC2=O)c1cc(F)cc(Cl)c1. The summed E-state index contributed by atoms with van der Waals surface area (Å²) in [6.07, 6.45) is 0. The standard InChI is InChI=1S/C21H11BrCl2F2N2O2/c22-10-5-15-18(19(28-21(15)30)14-8-12(25)1-2-16(14)24)17(6-10)27-20(29)9-3-11(23)7-13(26)4-9/h1-8,19H,(H,27,29)(H,28,30). The van der Waals surface area contributed by atoms with Crippen molar-refractivity contribution in [1.82, 2.24) is 5.32 Å². The number of hydrogen-bond donors (Lipinski definition) is 2. The van der Waals surface area contributed by atoms with E-state index >= 15 is 0 Å². The fourth-order valence-corrected chi connectivity index (χ4v) is 4.26. The predicted molar refractivity (Wildman–Crippen MR) is 114 cm³/mol. The van der Waals surface area contributed by atoms with E-state index in [1.54, 1.807) is 12.1 Å². The number of halogens is 5. The number of nitrogens with one attached hydrogen (secondary N) is 2. The van der Waals surface area contributed by atoms with Crippen LogP contribution in [0, 0.1) is 11.6 Å². The summed E-state index contributed by atoms with van der Waals surface area (Å²) >= 11 is 15.4. The zero-order chi connectivity index (χ0) is 21.6. The Morgan fingerprint density at radius 2 is 1.80 bits per heavy atom. The van der Waals surface area contributed by atoms with Crippen LogP contribution >= 0.6 is 39.1 Å². The van der Waals surface area contributed by atoms with Gasteiger partial charge in [-0.15, -0.1) is 0 Å². The van der Waals surface area contributed by atoms with Gasteiger partial charge in [-0.05, 0) is 48.5 Å². The van der Waals surface area contributed by atoms with Gasteiger partial charge >= 0.3 is 0 Å². The molecule has 1 atom stereocenters. The first kappa shape index (κ1) is 20.8. The molecule has 9 heteroatoms. The average molecular weight is 512 g/mol. The lowest BCUT2D eigenvalue weighted by atomic mass is 9.96. The molecule has 4 nitrogen and oxygen atoms in total. The van der Waals surface area contributed by atoms with E-state index in [0.717, 1.165) is 12.1 Å². The zero-order valence-electron chi connectivity index (χ0n) is 14.9. The van der Waals surface area contributed by atoms with Crippen molar-refractivity contribution < 1.29 is 18.4 Å². The van der Waals surface area contributed by atoms with Gasteiger partial charge in [-0.3, -0.25) is 9.59 Å². The van der Waals surface area contributed by atoms with Crippen LogP contribution in [0.5, 0.6) is 0 Å². The Bertz CT molecular complexity index is 1200. The summed E-state index contributed by atoms with van der Waals surface area (Å²) in [7, 11) is 0. The molecule has 0 saturated heterocycles. The lowest BCUT2D eigenvalue weighted by molar-refractivity contribution is 0.0959. The summed E-state index contributed by atoms with van der Waals surface area (Å²) in [6, 6.07) is 9.68. The first-order chi connectivity index (χ1) is 14.2. The van der Waals surface area contributed by atoms with Crippen LogP contribution in [0.2, 0.25) is 10.0 Å². The number of rotatable bonds is 3. The number of fused-ring (bicyclic) bond motifs is 1. The minimum absolute atomic E-state index is 0.00588. The maximum Gasteiger partial charge on any atom is 0.255 e. The Labute approximate surface area is 188 Å². The van der Waals surface area contributed by atoms with E-state index < -0.39 is 29.5 Å². The Hall–Kier alpha value is -2.48. The van der Waals surface area contributed by atoms with Crippen LogP contribution in [0.1, 0.15) is 37.9 Å². The van der Waals surface area contributed by atoms with Crippen LogP contribution < -0.4 is 10.6 Å². The molecule has 0 spiro atoms. The van der Waals surface area contributed by atoms with E-state index in [1.165, 1.54) is 24.3 Å². The van der Waals surface area contributed by atoms with E-state index in [4.69, 9.17) is 23.2 Å². The van der Waals surface area contributed by atoms with Gasteiger partial charge in [0.05, 0.1) is 6.04 Å². The topological polar surface area (TPSA) is 58.2 Å². The zero-order valence-corrected chi connectivity index (χ0v) is 18.0. The molecule has 0 saturated carbocycles.